The highest BCUT2D eigenvalue weighted by Crippen LogP contribution is 2.46. The Morgan fingerprint density at radius 3 is 2.49 bits per heavy atom. The predicted octanol–water partition coefficient (Wildman–Crippen LogP) is -0.121. The molecule has 14 heteroatoms. The molecule has 6 N–H and O–H groups in total. The minimum atomic E-state index is -1.91. The first-order valence-electron chi connectivity index (χ1n) is 10.7. The second-order valence-corrected chi connectivity index (χ2v) is 8.16. The number of benzene rings is 2. The third-order valence-electron chi connectivity index (χ3n) is 5.93. The average molecular weight is 520 g/mol. The normalized spacial score (nSPS) is 24.7. The van der Waals surface area contributed by atoms with Gasteiger partial charge in [0.15, 0.2) is 34.9 Å². The van der Waals surface area contributed by atoms with Gasteiger partial charge in [-0.25, -0.2) is 4.79 Å². The fourth-order valence-electron chi connectivity index (χ4n) is 4.08. The molecule has 3 heterocycles. The standard InChI is InChI=1S/C23H20O14/c1-32-20-14(26)12-10(5-11-19(13(12)25)34-6-33-11)35-18(20)7-2-3-9(8(24)4-7)36-23-17(29)15(27)16(28)21(37-23)22(30)31/h2-5,15-17,21,23-25,27-29H,6H2,1H3,(H,30,31)/t15-,16-,17+,21-,23+/m0/s1. The van der Waals surface area contributed by atoms with Crippen molar-refractivity contribution < 1.29 is 63.5 Å². The molecule has 5 rings (SSSR count). The van der Waals surface area contributed by atoms with E-state index in [0.717, 1.165) is 6.07 Å². The summed E-state index contributed by atoms with van der Waals surface area (Å²) in [6.07, 6.45) is -9.30. The van der Waals surface area contributed by atoms with Crippen LogP contribution in [0.5, 0.6) is 34.5 Å². The monoisotopic (exact) mass is 520 g/mol. The molecule has 1 aromatic heterocycles. The number of fused-ring (bicyclic) bond motifs is 2. The maximum Gasteiger partial charge on any atom is 0.335 e. The first-order chi connectivity index (χ1) is 17.6. The number of rotatable bonds is 5. The molecule has 0 bridgehead atoms. The van der Waals surface area contributed by atoms with Crippen LogP contribution in [-0.4, -0.2) is 81.2 Å². The average Bonchev–Trinajstić information content (AvgIpc) is 3.34. The third kappa shape index (κ3) is 3.92. The Balaban J connectivity index is 1.51. The molecule has 0 aliphatic carbocycles. The lowest BCUT2D eigenvalue weighted by atomic mass is 9.99. The number of phenolic OH excluding ortho intramolecular Hbond substituents is 2. The second-order valence-electron chi connectivity index (χ2n) is 8.16. The minimum absolute atomic E-state index is 0.0105. The van der Waals surface area contributed by atoms with E-state index in [9.17, 15) is 35.1 Å². The van der Waals surface area contributed by atoms with E-state index in [2.05, 4.69) is 0 Å². The zero-order chi connectivity index (χ0) is 26.6. The van der Waals surface area contributed by atoms with E-state index >= 15 is 0 Å². The van der Waals surface area contributed by atoms with Crippen molar-refractivity contribution in [2.45, 2.75) is 30.7 Å². The fraction of sp³-hybridized carbons (Fsp3) is 0.304. The van der Waals surface area contributed by atoms with Gasteiger partial charge in [-0.15, -0.1) is 0 Å². The van der Waals surface area contributed by atoms with Crippen LogP contribution in [0.2, 0.25) is 0 Å². The first kappa shape index (κ1) is 24.5. The van der Waals surface area contributed by atoms with Crippen LogP contribution in [0.25, 0.3) is 22.3 Å². The molecule has 2 aromatic carbocycles. The molecule has 0 amide bonds. The highest BCUT2D eigenvalue weighted by Gasteiger charge is 2.48. The van der Waals surface area contributed by atoms with Gasteiger partial charge in [-0.2, -0.15) is 0 Å². The molecule has 0 unspecified atom stereocenters. The fourth-order valence-corrected chi connectivity index (χ4v) is 4.08. The molecule has 3 aromatic rings. The molecular weight excluding hydrogens is 500 g/mol. The topological polar surface area (TPSA) is 215 Å². The number of aliphatic hydroxyl groups is 3. The van der Waals surface area contributed by atoms with Gasteiger partial charge in [-0.1, -0.05) is 0 Å². The number of hydrogen-bond donors (Lipinski definition) is 6. The SMILES string of the molecule is COc1c(-c2ccc(O[C@@H]3O[C@H](C(=O)O)[C@@H](O)[C@H](O)[C@H]3O)c(O)c2)oc2cc3c(c(O)c2c1=O)OCO3. The molecule has 196 valence electrons. The molecule has 2 aliphatic heterocycles. The van der Waals surface area contributed by atoms with Crippen LogP contribution >= 0.6 is 0 Å². The largest absolute Gasteiger partial charge is 0.504 e. The van der Waals surface area contributed by atoms with E-state index in [1.807, 2.05) is 0 Å². The summed E-state index contributed by atoms with van der Waals surface area (Å²) < 4.78 is 31.9. The van der Waals surface area contributed by atoms with Gasteiger partial charge in [-0.05, 0) is 18.2 Å². The molecule has 37 heavy (non-hydrogen) atoms. The van der Waals surface area contributed by atoms with E-state index < -0.39 is 53.6 Å². The summed E-state index contributed by atoms with van der Waals surface area (Å²) >= 11 is 0. The Kier molecular flexibility index (Phi) is 5.95. The van der Waals surface area contributed by atoms with Crippen LogP contribution in [0, 0.1) is 0 Å². The molecule has 14 nitrogen and oxygen atoms in total. The minimum Gasteiger partial charge on any atom is -0.504 e. The van der Waals surface area contributed by atoms with Gasteiger partial charge in [-0.3, -0.25) is 4.79 Å². The van der Waals surface area contributed by atoms with Crippen molar-refractivity contribution in [2.75, 3.05) is 13.9 Å². The zero-order valence-electron chi connectivity index (χ0n) is 18.9. The number of phenols is 2. The zero-order valence-corrected chi connectivity index (χ0v) is 18.9. The quantitative estimate of drug-likeness (QED) is 0.259. The Morgan fingerprint density at radius 1 is 1.05 bits per heavy atom. The molecule has 5 atom stereocenters. The van der Waals surface area contributed by atoms with Gasteiger partial charge in [0.1, 0.15) is 29.3 Å². The molecule has 1 fully saturated rings. The molecule has 0 radical (unpaired) electrons. The molecule has 0 spiro atoms. The van der Waals surface area contributed by atoms with Crippen LogP contribution in [0.3, 0.4) is 0 Å². The lowest BCUT2D eigenvalue weighted by Crippen LogP contribution is -2.61. The van der Waals surface area contributed by atoms with Crippen molar-refractivity contribution >= 4 is 16.9 Å². The first-order valence-corrected chi connectivity index (χ1v) is 10.7. The number of ether oxygens (including phenoxy) is 5. The summed E-state index contributed by atoms with van der Waals surface area (Å²) in [5.74, 6) is -3.16. The van der Waals surface area contributed by atoms with Crippen LogP contribution in [0.1, 0.15) is 0 Å². The summed E-state index contributed by atoms with van der Waals surface area (Å²) in [5.41, 5.74) is -0.629. The van der Waals surface area contributed by atoms with Crippen molar-refractivity contribution in [1.82, 2.24) is 0 Å². The van der Waals surface area contributed by atoms with Crippen molar-refractivity contribution in [1.29, 1.82) is 0 Å². The Bertz CT molecular complexity index is 1450. The van der Waals surface area contributed by atoms with Crippen molar-refractivity contribution in [2.24, 2.45) is 0 Å². The number of hydrogen-bond acceptors (Lipinski definition) is 13. The molecular formula is C23H20O14. The Hall–Kier alpha value is -4.24. The summed E-state index contributed by atoms with van der Waals surface area (Å²) in [4.78, 5) is 24.4. The number of methoxy groups -OCH3 is 1. The van der Waals surface area contributed by atoms with Gasteiger partial charge in [0.05, 0.1) is 7.11 Å². The van der Waals surface area contributed by atoms with Gasteiger partial charge < -0.3 is 58.7 Å². The predicted molar refractivity (Wildman–Crippen MR) is 119 cm³/mol. The number of carbonyl (C=O) groups is 1. The van der Waals surface area contributed by atoms with Crippen LogP contribution < -0.4 is 24.4 Å². The van der Waals surface area contributed by atoms with Crippen molar-refractivity contribution in [3.05, 3.63) is 34.5 Å². The van der Waals surface area contributed by atoms with E-state index in [4.69, 9.17) is 33.2 Å². The third-order valence-corrected chi connectivity index (χ3v) is 5.93. The van der Waals surface area contributed by atoms with E-state index in [1.54, 1.807) is 0 Å². The van der Waals surface area contributed by atoms with Gasteiger partial charge >= 0.3 is 5.97 Å². The molecule has 2 aliphatic rings. The molecule has 0 saturated carbocycles. The maximum absolute atomic E-state index is 13.1. The number of aromatic hydroxyl groups is 2. The summed E-state index contributed by atoms with van der Waals surface area (Å²) in [6.45, 7) is -0.157. The second kappa shape index (κ2) is 9.01. The number of aliphatic hydroxyl groups excluding tert-OH is 3. The summed E-state index contributed by atoms with van der Waals surface area (Å²) in [5, 5.41) is 59.9. The number of carboxylic acid groups (broad SMARTS) is 1. The Labute approximate surface area is 206 Å². The van der Waals surface area contributed by atoms with Gasteiger partial charge in [0.25, 0.3) is 0 Å². The van der Waals surface area contributed by atoms with E-state index in [0.29, 0.717) is 0 Å². The van der Waals surface area contributed by atoms with E-state index in [1.165, 1.54) is 25.3 Å². The van der Waals surface area contributed by atoms with Crippen molar-refractivity contribution in [3.8, 4) is 45.8 Å². The smallest absolute Gasteiger partial charge is 0.335 e. The van der Waals surface area contributed by atoms with Crippen LogP contribution in [-0.2, 0) is 9.53 Å². The van der Waals surface area contributed by atoms with Crippen LogP contribution in [0.4, 0.5) is 0 Å². The Morgan fingerprint density at radius 2 is 1.81 bits per heavy atom. The molecule has 1 saturated heterocycles. The highest BCUT2D eigenvalue weighted by atomic mass is 16.7. The lowest BCUT2D eigenvalue weighted by molar-refractivity contribution is -0.271. The highest BCUT2D eigenvalue weighted by molar-refractivity contribution is 5.91. The van der Waals surface area contributed by atoms with Crippen molar-refractivity contribution in [3.63, 3.8) is 0 Å². The maximum atomic E-state index is 13.1. The van der Waals surface area contributed by atoms with Gasteiger partial charge in [0.2, 0.25) is 30.0 Å². The lowest BCUT2D eigenvalue weighted by Gasteiger charge is -2.38. The van der Waals surface area contributed by atoms with Crippen LogP contribution in [0.15, 0.2) is 33.5 Å². The number of aliphatic carboxylic acids is 1. The number of carboxylic acids is 1. The summed E-state index contributed by atoms with van der Waals surface area (Å²) in [7, 11) is 1.21. The summed E-state index contributed by atoms with van der Waals surface area (Å²) in [6, 6.07) is 5.04. The van der Waals surface area contributed by atoms with E-state index in [-0.39, 0.29) is 52.1 Å². The van der Waals surface area contributed by atoms with Gasteiger partial charge in [0, 0.05) is 11.6 Å².